The molecule has 1 N–H and O–H groups in total. The van der Waals surface area contributed by atoms with E-state index in [1.807, 2.05) is 6.20 Å². The van der Waals surface area contributed by atoms with E-state index in [4.69, 9.17) is 23.2 Å². The lowest BCUT2D eigenvalue weighted by molar-refractivity contribution is 0.758. The zero-order chi connectivity index (χ0) is 18.3. The Bertz CT molecular complexity index is 1030. The van der Waals surface area contributed by atoms with Crippen molar-refractivity contribution in [2.24, 2.45) is 0 Å². The number of allylic oxidation sites excluding steroid dienone is 1. The second-order valence-corrected chi connectivity index (χ2v) is 7.46. The van der Waals surface area contributed by atoms with Crippen LogP contribution in [-0.4, -0.2) is 23.1 Å². The number of aromatic nitrogens is 2. The molecule has 0 unspecified atom stereocenters. The quantitative estimate of drug-likeness (QED) is 0.578. The van der Waals surface area contributed by atoms with E-state index in [0.29, 0.717) is 10.0 Å². The molecular weight excluding hydrogens is 365 g/mol. The summed E-state index contributed by atoms with van der Waals surface area (Å²) in [6, 6.07) is 10.3. The maximum atomic E-state index is 6.37. The molecule has 3 aromatic rings. The van der Waals surface area contributed by atoms with Gasteiger partial charge in [0.15, 0.2) is 0 Å². The number of hydrogen-bond donors (Lipinski definition) is 1. The third-order valence-corrected chi connectivity index (χ3v) is 5.47. The van der Waals surface area contributed by atoms with E-state index in [1.54, 1.807) is 12.3 Å². The zero-order valence-corrected chi connectivity index (χ0v) is 16.0. The smallest absolute Gasteiger partial charge is 0.147 e. The molecular formula is C21H19Cl2N3. The molecule has 3 heterocycles. The standard InChI is InChI=1S/C21H19Cl2N3/c1-13-6-8-26(21-19(23)10-17(22)11-25-21)12-18(13)14(2)15-3-4-20-16(9-15)5-7-24-20/h3-5,7,9-11,24H,1,6,8,12H2,2H3/b18-14+. The molecule has 0 aliphatic carbocycles. The first kappa shape index (κ1) is 17.2. The van der Waals surface area contributed by atoms with E-state index in [2.05, 4.69) is 52.6 Å². The lowest BCUT2D eigenvalue weighted by Gasteiger charge is -2.33. The van der Waals surface area contributed by atoms with Gasteiger partial charge in [0, 0.05) is 31.0 Å². The lowest BCUT2D eigenvalue weighted by Crippen LogP contribution is -2.33. The first-order valence-corrected chi connectivity index (χ1v) is 9.30. The van der Waals surface area contributed by atoms with Gasteiger partial charge in [-0.05, 0) is 65.3 Å². The SMILES string of the molecule is C=C1CCN(c2ncc(Cl)cc2Cl)C/C1=C(/C)c1ccc2[nH]ccc2c1. The molecule has 1 aromatic carbocycles. The van der Waals surface area contributed by atoms with Crippen molar-refractivity contribution in [3.8, 4) is 0 Å². The highest BCUT2D eigenvalue weighted by atomic mass is 35.5. The van der Waals surface area contributed by atoms with Gasteiger partial charge in [-0.3, -0.25) is 0 Å². The maximum absolute atomic E-state index is 6.37. The monoisotopic (exact) mass is 383 g/mol. The fraction of sp³-hybridized carbons (Fsp3) is 0.190. The maximum Gasteiger partial charge on any atom is 0.147 e. The Morgan fingerprint density at radius 3 is 2.88 bits per heavy atom. The van der Waals surface area contributed by atoms with Gasteiger partial charge in [-0.15, -0.1) is 0 Å². The first-order valence-electron chi connectivity index (χ1n) is 8.54. The summed E-state index contributed by atoms with van der Waals surface area (Å²) in [5, 5.41) is 2.34. The van der Waals surface area contributed by atoms with Gasteiger partial charge in [0.05, 0.1) is 10.0 Å². The number of rotatable bonds is 2. The van der Waals surface area contributed by atoms with Crippen LogP contribution in [0.4, 0.5) is 5.82 Å². The molecule has 0 saturated carbocycles. The minimum Gasteiger partial charge on any atom is -0.361 e. The summed E-state index contributed by atoms with van der Waals surface area (Å²) in [5.41, 5.74) is 6.03. The van der Waals surface area contributed by atoms with E-state index in [0.717, 1.165) is 30.8 Å². The van der Waals surface area contributed by atoms with E-state index < -0.39 is 0 Å². The molecule has 5 heteroatoms. The molecule has 1 fully saturated rings. The highest BCUT2D eigenvalue weighted by molar-refractivity contribution is 6.36. The van der Waals surface area contributed by atoms with Crippen LogP contribution in [0.1, 0.15) is 18.9 Å². The van der Waals surface area contributed by atoms with Gasteiger partial charge in [0.25, 0.3) is 0 Å². The number of benzene rings is 1. The third kappa shape index (κ3) is 3.13. The number of aromatic amines is 1. The lowest BCUT2D eigenvalue weighted by atomic mass is 9.91. The van der Waals surface area contributed by atoms with Crippen molar-refractivity contribution in [1.29, 1.82) is 0 Å². The van der Waals surface area contributed by atoms with Crippen LogP contribution in [0.2, 0.25) is 10.0 Å². The molecule has 1 saturated heterocycles. The number of piperidine rings is 1. The van der Waals surface area contributed by atoms with Crippen LogP contribution >= 0.6 is 23.2 Å². The van der Waals surface area contributed by atoms with Crippen molar-refractivity contribution in [3.05, 3.63) is 76.1 Å². The Kier molecular flexibility index (Phi) is 4.51. The molecule has 1 aliphatic rings. The van der Waals surface area contributed by atoms with Gasteiger partial charge in [-0.25, -0.2) is 4.98 Å². The van der Waals surface area contributed by atoms with Gasteiger partial charge in [0.1, 0.15) is 5.82 Å². The third-order valence-electron chi connectivity index (χ3n) is 4.99. The Labute approximate surface area is 162 Å². The number of anilines is 1. The predicted molar refractivity (Wildman–Crippen MR) is 111 cm³/mol. The second-order valence-electron chi connectivity index (χ2n) is 6.62. The van der Waals surface area contributed by atoms with Crippen LogP contribution in [0.3, 0.4) is 0 Å². The largest absolute Gasteiger partial charge is 0.361 e. The summed E-state index contributed by atoms with van der Waals surface area (Å²) < 4.78 is 0. The fourth-order valence-corrected chi connectivity index (χ4v) is 3.97. The Morgan fingerprint density at radius 2 is 2.08 bits per heavy atom. The van der Waals surface area contributed by atoms with Gasteiger partial charge >= 0.3 is 0 Å². The summed E-state index contributed by atoms with van der Waals surface area (Å²) in [6.45, 7) is 8.04. The number of nitrogens with one attached hydrogen (secondary N) is 1. The Morgan fingerprint density at radius 1 is 1.23 bits per heavy atom. The van der Waals surface area contributed by atoms with Crippen LogP contribution in [-0.2, 0) is 0 Å². The highest BCUT2D eigenvalue weighted by Crippen LogP contribution is 2.34. The zero-order valence-electron chi connectivity index (χ0n) is 14.5. The summed E-state index contributed by atoms with van der Waals surface area (Å²) in [5.74, 6) is 0.773. The second kappa shape index (κ2) is 6.82. The minimum atomic E-state index is 0.548. The van der Waals surface area contributed by atoms with Gasteiger partial charge in [-0.1, -0.05) is 35.8 Å². The molecule has 4 rings (SSSR count). The first-order chi connectivity index (χ1) is 12.5. The van der Waals surface area contributed by atoms with E-state index in [1.165, 1.54) is 27.7 Å². The summed E-state index contributed by atoms with van der Waals surface area (Å²) >= 11 is 12.4. The van der Waals surface area contributed by atoms with Crippen LogP contribution < -0.4 is 4.90 Å². The van der Waals surface area contributed by atoms with Crippen molar-refractivity contribution in [2.75, 3.05) is 18.0 Å². The number of fused-ring (bicyclic) bond motifs is 1. The number of pyridine rings is 1. The topological polar surface area (TPSA) is 31.9 Å². The van der Waals surface area contributed by atoms with Crippen molar-refractivity contribution in [3.63, 3.8) is 0 Å². The minimum absolute atomic E-state index is 0.548. The number of nitrogens with zero attached hydrogens (tertiary/aromatic N) is 2. The molecule has 0 atom stereocenters. The molecule has 2 aromatic heterocycles. The summed E-state index contributed by atoms with van der Waals surface area (Å²) in [7, 11) is 0. The molecule has 26 heavy (non-hydrogen) atoms. The van der Waals surface area contributed by atoms with Crippen LogP contribution in [0, 0.1) is 0 Å². The van der Waals surface area contributed by atoms with Crippen LogP contribution in [0.5, 0.6) is 0 Å². The normalized spacial score (nSPS) is 17.0. The van der Waals surface area contributed by atoms with Crippen molar-refractivity contribution in [2.45, 2.75) is 13.3 Å². The van der Waals surface area contributed by atoms with Crippen molar-refractivity contribution in [1.82, 2.24) is 9.97 Å². The molecule has 0 bridgehead atoms. The summed E-state index contributed by atoms with van der Waals surface area (Å²) in [6.07, 6.45) is 4.49. The number of H-pyrrole nitrogens is 1. The Hall–Kier alpha value is -2.23. The van der Waals surface area contributed by atoms with Crippen LogP contribution in [0.15, 0.2) is 60.5 Å². The molecule has 3 nitrogen and oxygen atoms in total. The van der Waals surface area contributed by atoms with Crippen molar-refractivity contribution >= 4 is 45.5 Å². The van der Waals surface area contributed by atoms with Crippen molar-refractivity contribution < 1.29 is 0 Å². The molecule has 0 amide bonds. The average molecular weight is 384 g/mol. The average Bonchev–Trinajstić information content (AvgIpc) is 3.09. The van der Waals surface area contributed by atoms with E-state index in [9.17, 15) is 0 Å². The molecule has 0 radical (unpaired) electrons. The highest BCUT2D eigenvalue weighted by Gasteiger charge is 2.22. The predicted octanol–water partition coefficient (Wildman–Crippen LogP) is 6.11. The van der Waals surface area contributed by atoms with Gasteiger partial charge in [0.2, 0.25) is 0 Å². The summed E-state index contributed by atoms with van der Waals surface area (Å²) in [4.78, 5) is 9.87. The number of halogens is 2. The van der Waals surface area contributed by atoms with Gasteiger partial charge < -0.3 is 9.88 Å². The Balaban J connectivity index is 1.71. The molecule has 1 aliphatic heterocycles. The van der Waals surface area contributed by atoms with Gasteiger partial charge in [-0.2, -0.15) is 0 Å². The number of hydrogen-bond acceptors (Lipinski definition) is 2. The molecule has 0 spiro atoms. The van der Waals surface area contributed by atoms with Crippen LogP contribution in [0.25, 0.3) is 16.5 Å². The fourth-order valence-electron chi connectivity index (χ4n) is 3.47. The van der Waals surface area contributed by atoms with E-state index >= 15 is 0 Å². The van der Waals surface area contributed by atoms with E-state index in [-0.39, 0.29) is 0 Å². The molecule has 132 valence electrons.